The summed E-state index contributed by atoms with van der Waals surface area (Å²) in [5.41, 5.74) is 1.29. The molecule has 0 aromatic heterocycles. The number of nitrogens with one attached hydrogen (secondary N) is 2. The lowest BCUT2D eigenvalue weighted by molar-refractivity contribution is -0.143. The Bertz CT molecular complexity index is 1830. The molecule has 2 amide bonds. The molecular formula is C39H49N3O9S2. The fourth-order valence-corrected chi connectivity index (χ4v) is 9.32. The summed E-state index contributed by atoms with van der Waals surface area (Å²) >= 11 is 1.34. The maximum Gasteiger partial charge on any atom is 0.326 e. The van der Waals surface area contributed by atoms with E-state index in [1.54, 1.807) is 36.4 Å². The molecular weight excluding hydrogens is 719 g/mol. The number of sulfone groups is 1. The second-order valence-corrected chi connectivity index (χ2v) is 16.2. The SMILES string of the molecule is CCCCC1(CCCC)CN(c2ccccc2)c2cc(SC)c(OCC(=O)N[C@@H](C(=O)N[C@H](CCC(=O)O)C(=O)O)c3ccccc3)cc2S(=O)(=O)C1. The van der Waals surface area contributed by atoms with Crippen LogP contribution < -0.4 is 20.3 Å². The Morgan fingerprint density at radius 1 is 0.925 bits per heavy atom. The number of hydrogen-bond acceptors (Lipinski definition) is 9. The third-order valence-corrected chi connectivity index (χ3v) is 12.1. The van der Waals surface area contributed by atoms with Crippen LogP contribution in [-0.2, 0) is 29.0 Å². The van der Waals surface area contributed by atoms with E-state index in [0.29, 0.717) is 22.7 Å². The quantitative estimate of drug-likeness (QED) is 0.0996. The molecule has 3 aromatic rings. The number of ether oxygens (including phenoxy) is 1. The summed E-state index contributed by atoms with van der Waals surface area (Å²) in [5.74, 6) is -4.03. The summed E-state index contributed by atoms with van der Waals surface area (Å²) in [6, 6.07) is 18.4. The molecule has 12 nitrogen and oxygen atoms in total. The standard InChI is InChI=1S/C39H49N3O9S2/c1-4-6-20-39(21-7-5-2)25-42(28-16-12-9-13-17-28)30-22-32(52-3)31(23-33(30)53(49,50)26-39)51-24-34(43)41-36(27-14-10-8-11-15-27)37(46)40-29(38(47)48)18-19-35(44)45/h8-17,22-23,29,36H,4-7,18-21,24-26H2,1-3H3,(H,40,46)(H,41,43)(H,44,45)(H,47,48)/t29-,36-/m1/s1. The van der Waals surface area contributed by atoms with E-state index < -0.39 is 64.1 Å². The summed E-state index contributed by atoms with van der Waals surface area (Å²) in [6.45, 7) is 4.17. The van der Waals surface area contributed by atoms with Crippen LogP contribution in [0, 0.1) is 5.41 Å². The van der Waals surface area contributed by atoms with Gasteiger partial charge in [0.2, 0.25) is 5.91 Å². The van der Waals surface area contributed by atoms with Gasteiger partial charge < -0.3 is 30.5 Å². The molecule has 4 N–H and O–H groups in total. The first-order valence-corrected chi connectivity index (χ1v) is 20.7. The first kappa shape index (κ1) is 41.2. The van der Waals surface area contributed by atoms with Gasteiger partial charge in [-0.15, -0.1) is 11.8 Å². The van der Waals surface area contributed by atoms with E-state index in [0.717, 1.165) is 44.2 Å². The van der Waals surface area contributed by atoms with Gasteiger partial charge in [0, 0.05) is 30.1 Å². The second-order valence-electron chi connectivity index (χ2n) is 13.4. The smallest absolute Gasteiger partial charge is 0.326 e. The number of aliphatic carboxylic acids is 2. The lowest BCUT2D eigenvalue weighted by Crippen LogP contribution is -2.48. The zero-order valence-corrected chi connectivity index (χ0v) is 32.0. The molecule has 4 rings (SSSR count). The van der Waals surface area contributed by atoms with Crippen molar-refractivity contribution >= 4 is 56.7 Å². The molecule has 286 valence electrons. The summed E-state index contributed by atoms with van der Waals surface area (Å²) in [6.07, 6.45) is 6.22. The van der Waals surface area contributed by atoms with E-state index in [2.05, 4.69) is 29.4 Å². The molecule has 53 heavy (non-hydrogen) atoms. The van der Waals surface area contributed by atoms with Gasteiger partial charge in [0.15, 0.2) is 16.4 Å². The zero-order chi connectivity index (χ0) is 38.6. The molecule has 0 unspecified atom stereocenters. The number of nitrogens with zero attached hydrogens (tertiary/aromatic N) is 1. The van der Waals surface area contributed by atoms with E-state index in [9.17, 15) is 32.7 Å². The number of carbonyl (C=O) groups excluding carboxylic acids is 2. The van der Waals surface area contributed by atoms with Crippen LogP contribution in [0.5, 0.6) is 5.75 Å². The number of rotatable bonds is 19. The van der Waals surface area contributed by atoms with Crippen molar-refractivity contribution in [2.75, 3.05) is 30.1 Å². The average Bonchev–Trinajstić information content (AvgIpc) is 3.24. The molecule has 0 spiro atoms. The maximum atomic E-state index is 14.4. The highest BCUT2D eigenvalue weighted by Crippen LogP contribution is 2.47. The minimum absolute atomic E-state index is 0.0213. The number of benzene rings is 3. The van der Waals surface area contributed by atoms with Gasteiger partial charge in [-0.3, -0.25) is 14.4 Å². The Kier molecular flexibility index (Phi) is 14.7. The van der Waals surface area contributed by atoms with Gasteiger partial charge in [-0.05, 0) is 49.3 Å². The molecule has 1 aliphatic rings. The summed E-state index contributed by atoms with van der Waals surface area (Å²) in [4.78, 5) is 52.4. The van der Waals surface area contributed by atoms with E-state index in [1.165, 1.54) is 17.8 Å². The van der Waals surface area contributed by atoms with Crippen molar-refractivity contribution in [2.24, 2.45) is 5.41 Å². The van der Waals surface area contributed by atoms with E-state index in [-0.39, 0.29) is 22.8 Å². The van der Waals surface area contributed by atoms with Gasteiger partial charge in [0.1, 0.15) is 17.8 Å². The third kappa shape index (κ3) is 11.0. The Balaban J connectivity index is 1.66. The molecule has 0 aliphatic carbocycles. The van der Waals surface area contributed by atoms with Crippen molar-refractivity contribution in [3.8, 4) is 5.75 Å². The van der Waals surface area contributed by atoms with Crippen molar-refractivity contribution in [1.82, 2.24) is 10.6 Å². The molecule has 0 fully saturated rings. The number of unbranched alkanes of at least 4 members (excludes halogenated alkanes) is 2. The van der Waals surface area contributed by atoms with E-state index in [4.69, 9.17) is 9.84 Å². The van der Waals surface area contributed by atoms with Gasteiger partial charge in [-0.2, -0.15) is 0 Å². The van der Waals surface area contributed by atoms with Crippen molar-refractivity contribution < 1.29 is 42.5 Å². The number of amides is 2. The number of thioether (sulfide) groups is 1. The molecule has 14 heteroatoms. The molecule has 2 atom stereocenters. The topological polar surface area (TPSA) is 179 Å². The highest BCUT2D eigenvalue weighted by molar-refractivity contribution is 7.98. The first-order valence-electron chi connectivity index (χ1n) is 17.8. The minimum Gasteiger partial charge on any atom is -0.483 e. The zero-order valence-electron chi connectivity index (χ0n) is 30.4. The van der Waals surface area contributed by atoms with Gasteiger partial charge >= 0.3 is 11.9 Å². The van der Waals surface area contributed by atoms with Gasteiger partial charge in [0.05, 0.1) is 21.2 Å². The fourth-order valence-electron chi connectivity index (χ4n) is 6.65. The van der Waals surface area contributed by atoms with E-state index >= 15 is 0 Å². The van der Waals surface area contributed by atoms with Crippen LogP contribution >= 0.6 is 11.8 Å². The van der Waals surface area contributed by atoms with E-state index in [1.807, 2.05) is 36.6 Å². The Morgan fingerprint density at radius 3 is 2.11 bits per heavy atom. The highest BCUT2D eigenvalue weighted by atomic mass is 32.2. The van der Waals surface area contributed by atoms with Crippen molar-refractivity contribution in [1.29, 1.82) is 0 Å². The van der Waals surface area contributed by atoms with Gasteiger partial charge in [-0.25, -0.2) is 13.2 Å². The Hall–Kier alpha value is -4.56. The summed E-state index contributed by atoms with van der Waals surface area (Å²) in [7, 11) is -3.84. The third-order valence-electron chi connectivity index (χ3n) is 9.37. The lowest BCUT2D eigenvalue weighted by Gasteiger charge is -2.37. The maximum absolute atomic E-state index is 14.4. The monoisotopic (exact) mass is 767 g/mol. The minimum atomic E-state index is -3.84. The molecule has 0 saturated heterocycles. The molecule has 0 saturated carbocycles. The predicted molar refractivity (Wildman–Crippen MR) is 204 cm³/mol. The van der Waals surface area contributed by atoms with Crippen LogP contribution in [0.1, 0.15) is 76.8 Å². The Morgan fingerprint density at radius 2 is 1.55 bits per heavy atom. The fraction of sp³-hybridized carbons (Fsp3) is 0.436. The van der Waals surface area contributed by atoms with Crippen LogP contribution in [-0.4, -0.2) is 73.6 Å². The molecule has 3 aromatic carbocycles. The molecule has 0 bridgehead atoms. The number of anilines is 2. The number of carbonyl (C=O) groups is 4. The number of para-hydroxylation sites is 1. The predicted octanol–water partition coefficient (Wildman–Crippen LogP) is 6.37. The number of fused-ring (bicyclic) bond motifs is 1. The molecule has 1 heterocycles. The van der Waals surface area contributed by atoms with Crippen LogP contribution in [0.15, 0.2) is 82.6 Å². The first-order chi connectivity index (χ1) is 25.3. The van der Waals surface area contributed by atoms with Crippen LogP contribution in [0.4, 0.5) is 11.4 Å². The summed E-state index contributed by atoms with van der Waals surface area (Å²) in [5, 5.41) is 23.5. The molecule has 1 aliphatic heterocycles. The number of carboxylic acid groups (broad SMARTS) is 2. The van der Waals surface area contributed by atoms with Gasteiger partial charge in [-0.1, -0.05) is 88.1 Å². The van der Waals surface area contributed by atoms with Crippen molar-refractivity contribution in [3.05, 3.63) is 78.4 Å². The van der Waals surface area contributed by atoms with Crippen molar-refractivity contribution in [3.63, 3.8) is 0 Å². The van der Waals surface area contributed by atoms with Crippen LogP contribution in [0.3, 0.4) is 0 Å². The lowest BCUT2D eigenvalue weighted by atomic mass is 9.79. The highest BCUT2D eigenvalue weighted by Gasteiger charge is 2.42. The normalized spacial score (nSPS) is 15.6. The summed E-state index contributed by atoms with van der Waals surface area (Å²) < 4.78 is 34.8. The largest absolute Gasteiger partial charge is 0.483 e. The number of carboxylic acids is 2. The van der Waals surface area contributed by atoms with Gasteiger partial charge in [0.25, 0.3) is 5.91 Å². The average molecular weight is 768 g/mol. The van der Waals surface area contributed by atoms with Crippen LogP contribution in [0.25, 0.3) is 0 Å². The molecule has 0 radical (unpaired) electrons. The second kappa shape index (κ2) is 19.0. The Labute approximate surface area is 315 Å². The van der Waals surface area contributed by atoms with Crippen molar-refractivity contribution in [2.45, 2.75) is 87.1 Å². The number of hydrogen-bond donors (Lipinski definition) is 4. The van der Waals surface area contributed by atoms with Crippen LogP contribution in [0.2, 0.25) is 0 Å².